The number of fused-ring (bicyclic) bond motifs is 9. The number of furan rings is 1. The van der Waals surface area contributed by atoms with Crippen molar-refractivity contribution >= 4 is 68.6 Å². The van der Waals surface area contributed by atoms with E-state index in [9.17, 15) is 0 Å². The summed E-state index contributed by atoms with van der Waals surface area (Å²) in [6, 6.07) is 35.7. The van der Waals surface area contributed by atoms with Gasteiger partial charge >= 0.3 is 0 Å². The summed E-state index contributed by atoms with van der Waals surface area (Å²) in [6.45, 7) is 34.0. The van der Waals surface area contributed by atoms with Gasteiger partial charge < -0.3 is 14.6 Å². The van der Waals surface area contributed by atoms with Gasteiger partial charge in [-0.1, -0.05) is 119 Å². The van der Waals surface area contributed by atoms with Crippen LogP contribution in [0.4, 0.5) is 28.4 Å². The predicted molar refractivity (Wildman–Crippen MR) is 285 cm³/mol. The van der Waals surface area contributed by atoms with Gasteiger partial charge in [-0.2, -0.15) is 0 Å². The second-order valence-corrected chi connectivity index (χ2v) is 25.2. The molecule has 4 aliphatic rings. The van der Waals surface area contributed by atoms with E-state index >= 15 is 0 Å². The number of aryl methyl sites for hydroxylation is 2. The molecule has 0 amide bonds. The lowest BCUT2D eigenvalue weighted by Crippen LogP contribution is -2.42. The van der Waals surface area contributed by atoms with Crippen LogP contribution < -0.4 is 21.1 Å². The maximum absolute atomic E-state index is 6.97. The van der Waals surface area contributed by atoms with Crippen LogP contribution in [0.1, 0.15) is 166 Å². The number of hydrogen-bond donors (Lipinski definition) is 1. The third kappa shape index (κ3) is 6.57. The average molecular weight is 871 g/mol. The smallest absolute Gasteiger partial charge is 0.203 e. The summed E-state index contributed by atoms with van der Waals surface area (Å²) in [5.74, 6) is 0. The van der Waals surface area contributed by atoms with Crippen molar-refractivity contribution in [1.29, 1.82) is 0 Å². The minimum atomic E-state index is 0.0450. The number of hydrogen-bond acceptors (Lipinski definition) is 3. The van der Waals surface area contributed by atoms with E-state index in [-0.39, 0.29) is 32.5 Å². The first-order valence-corrected chi connectivity index (χ1v) is 25.1. The lowest BCUT2D eigenvalue weighted by molar-refractivity contribution is 0.332. The Morgan fingerprint density at radius 1 is 0.470 bits per heavy atom. The van der Waals surface area contributed by atoms with Crippen LogP contribution in [0.5, 0.6) is 0 Å². The molecule has 0 atom stereocenters. The molecule has 1 aromatic heterocycles. The van der Waals surface area contributed by atoms with E-state index in [1.54, 1.807) is 0 Å². The Balaban J connectivity index is 1.19. The molecule has 0 bridgehead atoms. The van der Waals surface area contributed by atoms with Crippen LogP contribution in [0.3, 0.4) is 0 Å². The number of rotatable bonds is 4. The predicted octanol–water partition coefficient (Wildman–Crippen LogP) is 15.8. The van der Waals surface area contributed by atoms with Crippen LogP contribution in [0.2, 0.25) is 0 Å². The number of nitrogens with zero attached hydrogens (tertiary/aromatic N) is 1. The Bertz CT molecular complexity index is 3190. The molecule has 0 saturated heterocycles. The van der Waals surface area contributed by atoms with Gasteiger partial charge in [-0.25, -0.2) is 0 Å². The maximum atomic E-state index is 6.97. The van der Waals surface area contributed by atoms with E-state index in [2.05, 4.69) is 198 Å². The molecule has 1 aliphatic heterocycles. The molecular formula is C62H71BN2O. The summed E-state index contributed by atoms with van der Waals surface area (Å²) in [6.07, 6.45) is 7.10. The molecular weight excluding hydrogens is 800 g/mol. The molecule has 11 rings (SSSR count). The monoisotopic (exact) mass is 871 g/mol. The Morgan fingerprint density at radius 3 is 1.68 bits per heavy atom. The molecule has 3 aliphatic carbocycles. The van der Waals surface area contributed by atoms with E-state index < -0.39 is 0 Å². The van der Waals surface area contributed by atoms with Crippen molar-refractivity contribution in [1.82, 2.24) is 0 Å². The summed E-state index contributed by atoms with van der Waals surface area (Å²) < 4.78 is 6.97. The first-order valence-electron chi connectivity index (χ1n) is 25.1. The third-order valence-corrected chi connectivity index (χ3v) is 17.7. The number of anilines is 5. The van der Waals surface area contributed by atoms with Crippen LogP contribution in [0, 0.1) is 13.8 Å². The lowest BCUT2D eigenvalue weighted by atomic mass is 9.57. The molecule has 6 aromatic carbocycles. The zero-order valence-electron chi connectivity index (χ0n) is 42.5. The maximum Gasteiger partial charge on any atom is 0.203 e. The van der Waals surface area contributed by atoms with Crippen molar-refractivity contribution in [3.8, 4) is 11.1 Å². The second kappa shape index (κ2) is 14.2. The largest absolute Gasteiger partial charge is 0.457 e. The highest BCUT2D eigenvalue weighted by molar-refractivity contribution is 6.75. The Labute approximate surface area is 396 Å². The van der Waals surface area contributed by atoms with Gasteiger partial charge in [0.2, 0.25) is 7.28 Å². The molecule has 1 N–H and O–H groups in total. The summed E-state index contributed by atoms with van der Waals surface area (Å²) in [5, 5.41) is 6.52. The highest BCUT2D eigenvalue weighted by atomic mass is 16.3. The summed E-state index contributed by atoms with van der Waals surface area (Å²) in [5.41, 5.74) is 25.3. The van der Waals surface area contributed by atoms with Gasteiger partial charge in [-0.05, 0) is 200 Å². The summed E-state index contributed by atoms with van der Waals surface area (Å²) in [7, 11) is 0.768. The highest BCUT2D eigenvalue weighted by Crippen LogP contribution is 2.53. The Morgan fingerprint density at radius 2 is 1.03 bits per heavy atom. The molecule has 2 heterocycles. The molecule has 0 radical (unpaired) electrons. The van der Waals surface area contributed by atoms with Crippen molar-refractivity contribution < 1.29 is 4.42 Å². The Kier molecular flexibility index (Phi) is 9.30. The minimum absolute atomic E-state index is 0.0450. The summed E-state index contributed by atoms with van der Waals surface area (Å²) in [4.78, 5) is 2.62. The van der Waals surface area contributed by atoms with Crippen LogP contribution in [-0.4, -0.2) is 7.28 Å². The lowest BCUT2D eigenvalue weighted by Gasteiger charge is -2.44. The van der Waals surface area contributed by atoms with Gasteiger partial charge in [-0.15, -0.1) is 0 Å². The zero-order chi connectivity index (χ0) is 46.7. The molecule has 0 fully saturated rings. The van der Waals surface area contributed by atoms with Crippen molar-refractivity contribution in [3.05, 3.63) is 136 Å². The molecule has 0 unspecified atom stereocenters. The molecule has 66 heavy (non-hydrogen) atoms. The van der Waals surface area contributed by atoms with Gasteiger partial charge in [0.15, 0.2) is 0 Å². The molecule has 0 saturated carbocycles. The first-order chi connectivity index (χ1) is 31.0. The van der Waals surface area contributed by atoms with Crippen LogP contribution >= 0.6 is 0 Å². The average Bonchev–Trinajstić information content (AvgIpc) is 3.64. The topological polar surface area (TPSA) is 28.4 Å². The van der Waals surface area contributed by atoms with Crippen molar-refractivity contribution in [3.63, 3.8) is 0 Å². The van der Waals surface area contributed by atoms with Gasteiger partial charge in [0.25, 0.3) is 0 Å². The molecule has 7 aromatic rings. The van der Waals surface area contributed by atoms with Crippen LogP contribution in [0.15, 0.2) is 95.4 Å². The van der Waals surface area contributed by atoms with Gasteiger partial charge in [0, 0.05) is 44.8 Å². The normalized spacial score (nSPS) is 20.1. The molecule has 4 heteroatoms. The van der Waals surface area contributed by atoms with Gasteiger partial charge in [0.05, 0.1) is 0 Å². The quantitative estimate of drug-likeness (QED) is 0.179. The van der Waals surface area contributed by atoms with E-state index in [4.69, 9.17) is 4.42 Å². The minimum Gasteiger partial charge on any atom is -0.457 e. The SMILES string of the molecule is Cc1cc(-c2cc3c(cc2Nc2ccc4c(c2)C(C)(C)CCC4(C)C)C(C)(C)CCC3(C)C)c2c(c1)N(c1cc3c(cc1C)C(C)(C)CCC3(C)C)c1ccc3c(oc4ccccc43)c1B2. The van der Waals surface area contributed by atoms with Crippen LogP contribution in [0.25, 0.3) is 33.1 Å². The van der Waals surface area contributed by atoms with Crippen molar-refractivity contribution in [2.75, 3.05) is 10.2 Å². The van der Waals surface area contributed by atoms with Gasteiger partial charge in [0.1, 0.15) is 11.2 Å². The Hall–Kier alpha value is -5.22. The fourth-order valence-corrected chi connectivity index (χ4v) is 12.9. The fraction of sp³-hybridized carbons (Fsp3) is 0.419. The number of benzene rings is 6. The van der Waals surface area contributed by atoms with Gasteiger partial charge in [-0.3, -0.25) is 0 Å². The zero-order valence-corrected chi connectivity index (χ0v) is 42.5. The second-order valence-electron chi connectivity index (χ2n) is 25.2. The summed E-state index contributed by atoms with van der Waals surface area (Å²) >= 11 is 0. The van der Waals surface area contributed by atoms with E-state index in [0.717, 1.165) is 24.9 Å². The van der Waals surface area contributed by atoms with E-state index in [1.807, 2.05) is 0 Å². The number of para-hydroxylation sites is 1. The molecule has 3 nitrogen and oxygen atoms in total. The molecule has 0 spiro atoms. The van der Waals surface area contributed by atoms with E-state index in [1.165, 1.54) is 138 Å². The fourth-order valence-electron chi connectivity index (χ4n) is 12.9. The standard InChI is InChI=1S/C62H71BN2O/c1-36-29-42(41-33-46-47(61(11,12)27-26-60(46,9)10)34-49(41)64-38-19-21-43-45(32-38)59(7,8)24-23-57(43,3)4)54-52(30-36)65(51-35-48-44(31-37(51)2)58(5,6)25-28-62(48,13)14)50-22-20-40-39-17-15-16-18-53(39)66-56(40)55(50)63-54/h15-22,29-35,63-64H,23-28H2,1-14H3. The van der Waals surface area contributed by atoms with Crippen LogP contribution in [-0.2, 0) is 32.5 Å². The van der Waals surface area contributed by atoms with Crippen molar-refractivity contribution in [2.45, 2.75) is 168 Å². The molecule has 338 valence electrons. The highest BCUT2D eigenvalue weighted by Gasteiger charge is 2.42. The third-order valence-electron chi connectivity index (χ3n) is 17.7. The number of nitrogens with one attached hydrogen (secondary N) is 1. The van der Waals surface area contributed by atoms with E-state index in [0.29, 0.717) is 0 Å². The van der Waals surface area contributed by atoms with Crippen molar-refractivity contribution in [2.24, 2.45) is 0 Å². The first kappa shape index (κ1) is 43.4.